The summed E-state index contributed by atoms with van der Waals surface area (Å²) in [5, 5.41) is 3.53. The third-order valence-corrected chi connectivity index (χ3v) is 7.00. The topological polar surface area (TPSA) is 49.2 Å². The molecule has 29 heavy (non-hydrogen) atoms. The average Bonchev–Trinajstić information content (AvgIpc) is 3.21. The minimum Gasteiger partial charge on any atom is -0.357 e. The fourth-order valence-electron chi connectivity index (χ4n) is 4.76. The molecule has 1 N–H and O–H groups in total. The summed E-state index contributed by atoms with van der Waals surface area (Å²) >= 11 is 0. The maximum atomic E-state index is 4.74. The van der Waals surface area contributed by atoms with Crippen LogP contribution in [0.25, 0.3) is 0 Å². The Morgan fingerprint density at radius 1 is 1.21 bits per heavy atom. The summed E-state index contributed by atoms with van der Waals surface area (Å²) in [6.45, 7) is 11.7. The molecule has 1 saturated carbocycles. The first-order valence-corrected chi connectivity index (χ1v) is 11.1. The molecule has 3 heterocycles. The molecular formula is C23H36N6. The number of nitrogens with one attached hydrogen (secondary N) is 1. The fourth-order valence-corrected chi connectivity index (χ4v) is 4.76. The van der Waals surface area contributed by atoms with Crippen LogP contribution in [-0.2, 0) is 19.6 Å². The molecule has 1 aliphatic heterocycles. The molecule has 4 rings (SSSR count). The van der Waals surface area contributed by atoms with E-state index in [1.807, 2.05) is 6.20 Å². The van der Waals surface area contributed by atoms with Crippen molar-refractivity contribution in [1.82, 2.24) is 24.8 Å². The Balaban J connectivity index is 1.51. The molecule has 0 bridgehead atoms. The van der Waals surface area contributed by atoms with Crippen LogP contribution in [0.2, 0.25) is 0 Å². The van der Waals surface area contributed by atoms with Crippen molar-refractivity contribution in [3.63, 3.8) is 0 Å². The molecular weight excluding hydrogens is 360 g/mol. The summed E-state index contributed by atoms with van der Waals surface area (Å²) < 4.78 is 2.27. The van der Waals surface area contributed by atoms with Crippen LogP contribution in [0, 0.1) is 5.41 Å². The van der Waals surface area contributed by atoms with Gasteiger partial charge in [0.15, 0.2) is 0 Å². The number of rotatable bonds is 8. The first kappa shape index (κ1) is 20.4. The van der Waals surface area contributed by atoms with Crippen LogP contribution in [0.5, 0.6) is 0 Å². The van der Waals surface area contributed by atoms with Gasteiger partial charge in [-0.05, 0) is 70.2 Å². The van der Waals surface area contributed by atoms with Gasteiger partial charge in [-0.3, -0.25) is 4.90 Å². The van der Waals surface area contributed by atoms with Crippen LogP contribution in [0.1, 0.15) is 51.4 Å². The van der Waals surface area contributed by atoms with Gasteiger partial charge < -0.3 is 14.8 Å². The van der Waals surface area contributed by atoms with E-state index in [9.17, 15) is 0 Å². The van der Waals surface area contributed by atoms with Gasteiger partial charge in [0, 0.05) is 50.8 Å². The Morgan fingerprint density at radius 3 is 2.66 bits per heavy atom. The molecule has 0 radical (unpaired) electrons. The second-order valence-electron chi connectivity index (χ2n) is 9.10. The highest BCUT2D eigenvalue weighted by atomic mass is 15.2. The SMILES string of the molecule is CCn1ccnc1CN(Cc1ccc(N(C)C(C)C)nc1)C1CC12CCNCC2. The molecule has 1 unspecified atom stereocenters. The lowest BCUT2D eigenvalue weighted by Crippen LogP contribution is -2.36. The van der Waals surface area contributed by atoms with Crippen LogP contribution in [0.15, 0.2) is 30.7 Å². The third kappa shape index (κ3) is 4.33. The Morgan fingerprint density at radius 2 is 2.00 bits per heavy atom. The summed E-state index contributed by atoms with van der Waals surface area (Å²) in [6, 6.07) is 5.51. The Kier molecular flexibility index (Phi) is 5.93. The Hall–Kier alpha value is -1.92. The van der Waals surface area contributed by atoms with Crippen molar-refractivity contribution >= 4 is 5.82 Å². The Bertz CT molecular complexity index is 790. The van der Waals surface area contributed by atoms with Gasteiger partial charge >= 0.3 is 0 Å². The quantitative estimate of drug-likeness (QED) is 0.742. The summed E-state index contributed by atoms with van der Waals surface area (Å²) in [5.41, 5.74) is 1.80. The summed E-state index contributed by atoms with van der Waals surface area (Å²) in [7, 11) is 2.11. The van der Waals surface area contributed by atoms with Crippen molar-refractivity contribution in [2.24, 2.45) is 5.41 Å². The second-order valence-corrected chi connectivity index (χ2v) is 9.10. The number of nitrogens with zero attached hydrogens (tertiary/aromatic N) is 5. The molecule has 1 atom stereocenters. The summed E-state index contributed by atoms with van der Waals surface area (Å²) in [6.07, 6.45) is 10.0. The van der Waals surface area contributed by atoms with E-state index in [-0.39, 0.29) is 0 Å². The molecule has 158 valence electrons. The smallest absolute Gasteiger partial charge is 0.128 e. The van der Waals surface area contributed by atoms with Crippen molar-refractivity contribution in [3.05, 3.63) is 42.1 Å². The first-order chi connectivity index (χ1) is 14.0. The third-order valence-electron chi connectivity index (χ3n) is 7.00. The van der Waals surface area contributed by atoms with Crippen molar-refractivity contribution in [1.29, 1.82) is 0 Å². The van der Waals surface area contributed by atoms with Gasteiger partial charge in [-0.25, -0.2) is 9.97 Å². The Labute approximate surface area is 175 Å². The number of aryl methyl sites for hydroxylation is 1. The van der Waals surface area contributed by atoms with Crippen molar-refractivity contribution < 1.29 is 0 Å². The van der Waals surface area contributed by atoms with Gasteiger partial charge in [-0.15, -0.1) is 0 Å². The predicted molar refractivity (Wildman–Crippen MR) is 118 cm³/mol. The maximum absolute atomic E-state index is 4.74. The van der Waals surface area contributed by atoms with E-state index >= 15 is 0 Å². The number of anilines is 1. The molecule has 2 aliphatic rings. The van der Waals surface area contributed by atoms with Gasteiger partial charge in [0.25, 0.3) is 0 Å². The molecule has 2 aromatic rings. The van der Waals surface area contributed by atoms with Gasteiger partial charge in [0.05, 0.1) is 6.54 Å². The number of pyridine rings is 1. The molecule has 1 aliphatic carbocycles. The lowest BCUT2D eigenvalue weighted by Gasteiger charge is -2.29. The molecule has 6 nitrogen and oxygen atoms in total. The van der Waals surface area contributed by atoms with Crippen LogP contribution >= 0.6 is 0 Å². The fraction of sp³-hybridized carbons (Fsp3) is 0.652. The van der Waals surface area contributed by atoms with E-state index < -0.39 is 0 Å². The molecule has 0 amide bonds. The normalized spacial score (nSPS) is 20.6. The minimum absolute atomic E-state index is 0.448. The van der Waals surface area contributed by atoms with E-state index in [0.29, 0.717) is 17.5 Å². The minimum atomic E-state index is 0.448. The highest BCUT2D eigenvalue weighted by molar-refractivity contribution is 5.39. The highest BCUT2D eigenvalue weighted by Gasteiger charge is 2.56. The van der Waals surface area contributed by atoms with Gasteiger partial charge in [-0.2, -0.15) is 0 Å². The maximum Gasteiger partial charge on any atom is 0.128 e. The standard InChI is InChI=1S/C23H36N6/c1-5-28-13-12-25-22(28)17-29(20-14-23(20)8-10-24-11-9-23)16-19-6-7-21(26-15-19)27(4)18(2)3/h6-7,12-13,15,18,20,24H,5,8-11,14,16-17H2,1-4H3. The van der Waals surface area contributed by atoms with Crippen molar-refractivity contribution in [3.8, 4) is 0 Å². The zero-order valence-electron chi connectivity index (χ0n) is 18.4. The van der Waals surface area contributed by atoms with Crippen molar-refractivity contribution in [2.45, 2.75) is 71.8 Å². The van der Waals surface area contributed by atoms with E-state index in [0.717, 1.165) is 38.5 Å². The van der Waals surface area contributed by atoms with Gasteiger partial charge in [0.1, 0.15) is 11.6 Å². The number of hydrogen-bond donors (Lipinski definition) is 1. The average molecular weight is 397 g/mol. The highest BCUT2D eigenvalue weighted by Crippen LogP contribution is 2.56. The summed E-state index contributed by atoms with van der Waals surface area (Å²) in [4.78, 5) is 14.3. The van der Waals surface area contributed by atoms with E-state index in [2.05, 4.69) is 77.0 Å². The molecule has 6 heteroatoms. The molecule has 1 spiro atoms. The van der Waals surface area contributed by atoms with E-state index in [4.69, 9.17) is 4.98 Å². The van der Waals surface area contributed by atoms with Crippen LogP contribution in [-0.4, -0.2) is 51.7 Å². The largest absolute Gasteiger partial charge is 0.357 e. The molecule has 0 aromatic carbocycles. The monoisotopic (exact) mass is 396 g/mol. The lowest BCUT2D eigenvalue weighted by molar-refractivity contribution is 0.182. The molecule has 1 saturated heterocycles. The van der Waals surface area contributed by atoms with Crippen LogP contribution in [0.4, 0.5) is 5.82 Å². The number of hydrogen-bond acceptors (Lipinski definition) is 5. The molecule has 2 aromatic heterocycles. The van der Waals surface area contributed by atoms with Gasteiger partial charge in [-0.1, -0.05) is 6.07 Å². The van der Waals surface area contributed by atoms with Crippen molar-refractivity contribution in [2.75, 3.05) is 25.0 Å². The number of aromatic nitrogens is 3. The first-order valence-electron chi connectivity index (χ1n) is 11.1. The summed E-state index contributed by atoms with van der Waals surface area (Å²) in [5.74, 6) is 2.21. The lowest BCUT2D eigenvalue weighted by atomic mass is 9.93. The van der Waals surface area contributed by atoms with E-state index in [1.54, 1.807) is 0 Å². The zero-order chi connectivity index (χ0) is 20.4. The van der Waals surface area contributed by atoms with Gasteiger partial charge in [0.2, 0.25) is 0 Å². The van der Waals surface area contributed by atoms with E-state index in [1.165, 1.54) is 30.7 Å². The van der Waals surface area contributed by atoms with Crippen LogP contribution in [0.3, 0.4) is 0 Å². The zero-order valence-corrected chi connectivity index (χ0v) is 18.4. The number of imidazole rings is 1. The second kappa shape index (κ2) is 8.44. The number of piperidine rings is 1. The predicted octanol–water partition coefficient (Wildman–Crippen LogP) is 3.29. The molecule has 2 fully saturated rings. The van der Waals surface area contributed by atoms with Crippen LogP contribution < -0.4 is 10.2 Å².